The third-order valence-corrected chi connectivity index (χ3v) is 5.48. The zero-order chi connectivity index (χ0) is 22.8. The number of nitro groups is 1. The minimum Gasteiger partial charge on any atom is -0.507 e. The summed E-state index contributed by atoms with van der Waals surface area (Å²) in [4.78, 5) is 37.9. The first-order valence-electron chi connectivity index (χ1n) is 10.0. The predicted molar refractivity (Wildman–Crippen MR) is 115 cm³/mol. The number of carbonyl (C=O) groups excluding carboxylic acids is 2. The fraction of sp³-hybridized carbons (Fsp3) is 0.167. The molecule has 4 rings (SSSR count). The van der Waals surface area contributed by atoms with Gasteiger partial charge in [0.15, 0.2) is 0 Å². The quantitative estimate of drug-likeness (QED) is 0.203. The fourth-order valence-electron chi connectivity index (χ4n) is 3.82. The number of nitro benzene ring substituents is 1. The second kappa shape index (κ2) is 8.50. The van der Waals surface area contributed by atoms with Crippen LogP contribution < -0.4 is 0 Å². The lowest BCUT2D eigenvalue weighted by atomic mass is 9.94. The summed E-state index contributed by atoms with van der Waals surface area (Å²) in [5.41, 5.74) is 1.45. The average Bonchev–Trinajstić information content (AvgIpc) is 3.41. The van der Waals surface area contributed by atoms with E-state index in [1.165, 1.54) is 35.4 Å². The molecule has 0 bridgehead atoms. The van der Waals surface area contributed by atoms with E-state index in [0.717, 1.165) is 12.0 Å². The molecule has 1 aliphatic heterocycles. The molecule has 0 radical (unpaired) electrons. The zero-order valence-electron chi connectivity index (χ0n) is 17.2. The zero-order valence-corrected chi connectivity index (χ0v) is 17.2. The topological polar surface area (TPSA) is 114 Å². The van der Waals surface area contributed by atoms with Gasteiger partial charge in [0.25, 0.3) is 17.4 Å². The molecular weight excluding hydrogens is 412 g/mol. The van der Waals surface area contributed by atoms with E-state index in [-0.39, 0.29) is 23.4 Å². The number of non-ortho nitro benzene ring substituents is 1. The number of rotatable bonds is 6. The standard InChI is InChI=1S/C24H20N2O6/c1-2-15-8-10-16(11-9-15)21-20(22(27)17-5-3-6-18(13-17)26(30)31)23(28)24(29)25(21)14-19-7-4-12-32-19/h3-13,21,27H,2,14H2,1H3/t21-/m0/s1. The van der Waals surface area contributed by atoms with Crippen molar-refractivity contribution >= 4 is 23.1 Å². The number of furan rings is 1. The maximum atomic E-state index is 13.0. The van der Waals surface area contributed by atoms with Gasteiger partial charge < -0.3 is 14.4 Å². The summed E-state index contributed by atoms with van der Waals surface area (Å²) in [5, 5.41) is 22.2. The van der Waals surface area contributed by atoms with Gasteiger partial charge in [0.2, 0.25) is 0 Å². The molecule has 1 aromatic heterocycles. The molecule has 2 heterocycles. The highest BCUT2D eigenvalue weighted by atomic mass is 16.6. The Morgan fingerprint density at radius 2 is 1.88 bits per heavy atom. The van der Waals surface area contributed by atoms with Crippen LogP contribution >= 0.6 is 0 Å². The molecule has 0 saturated carbocycles. The molecule has 1 aliphatic rings. The highest BCUT2D eigenvalue weighted by molar-refractivity contribution is 6.46. The highest BCUT2D eigenvalue weighted by Crippen LogP contribution is 2.40. The van der Waals surface area contributed by atoms with Gasteiger partial charge in [0, 0.05) is 17.7 Å². The van der Waals surface area contributed by atoms with Crippen LogP contribution in [-0.4, -0.2) is 26.6 Å². The summed E-state index contributed by atoms with van der Waals surface area (Å²) < 4.78 is 5.36. The fourth-order valence-corrected chi connectivity index (χ4v) is 3.82. The van der Waals surface area contributed by atoms with Crippen molar-refractivity contribution in [2.24, 2.45) is 0 Å². The Morgan fingerprint density at radius 1 is 1.12 bits per heavy atom. The van der Waals surface area contributed by atoms with Crippen LogP contribution in [0, 0.1) is 10.1 Å². The van der Waals surface area contributed by atoms with Gasteiger partial charge in [-0.3, -0.25) is 19.7 Å². The van der Waals surface area contributed by atoms with E-state index in [9.17, 15) is 24.8 Å². The van der Waals surface area contributed by atoms with Gasteiger partial charge in [0.05, 0.1) is 29.3 Å². The molecule has 2 aromatic carbocycles. The van der Waals surface area contributed by atoms with Crippen molar-refractivity contribution in [1.82, 2.24) is 4.90 Å². The van der Waals surface area contributed by atoms with Gasteiger partial charge in [-0.15, -0.1) is 0 Å². The smallest absolute Gasteiger partial charge is 0.296 e. The molecule has 32 heavy (non-hydrogen) atoms. The third kappa shape index (κ3) is 3.78. The molecular formula is C24H20N2O6. The third-order valence-electron chi connectivity index (χ3n) is 5.48. The Bertz CT molecular complexity index is 1210. The van der Waals surface area contributed by atoms with Crippen molar-refractivity contribution in [3.8, 4) is 0 Å². The van der Waals surface area contributed by atoms with Crippen molar-refractivity contribution < 1.29 is 24.0 Å². The molecule has 8 heteroatoms. The van der Waals surface area contributed by atoms with Gasteiger partial charge in [-0.1, -0.05) is 43.3 Å². The minimum atomic E-state index is -0.870. The van der Waals surface area contributed by atoms with Gasteiger partial charge in [-0.05, 0) is 29.7 Å². The van der Waals surface area contributed by atoms with Crippen LogP contribution in [0.3, 0.4) is 0 Å². The van der Waals surface area contributed by atoms with Crippen molar-refractivity contribution in [2.75, 3.05) is 0 Å². The van der Waals surface area contributed by atoms with E-state index in [1.54, 1.807) is 12.1 Å². The number of benzene rings is 2. The second-order valence-corrected chi connectivity index (χ2v) is 7.41. The lowest BCUT2D eigenvalue weighted by Crippen LogP contribution is -2.29. The number of nitrogens with zero attached hydrogens (tertiary/aromatic N) is 2. The first-order valence-corrected chi connectivity index (χ1v) is 10.0. The van der Waals surface area contributed by atoms with Gasteiger partial charge in [0.1, 0.15) is 11.5 Å². The minimum absolute atomic E-state index is 0.0312. The Kier molecular flexibility index (Phi) is 5.59. The monoisotopic (exact) mass is 432 g/mol. The summed E-state index contributed by atoms with van der Waals surface area (Å²) in [5.74, 6) is -1.61. The molecule has 162 valence electrons. The molecule has 3 aromatic rings. The summed E-state index contributed by atoms with van der Waals surface area (Å²) in [6.07, 6.45) is 2.29. The summed E-state index contributed by atoms with van der Waals surface area (Å²) in [7, 11) is 0. The van der Waals surface area contributed by atoms with Crippen LogP contribution in [0.1, 0.15) is 35.4 Å². The predicted octanol–water partition coefficient (Wildman–Crippen LogP) is 4.37. The van der Waals surface area contributed by atoms with E-state index in [0.29, 0.717) is 11.3 Å². The number of carbonyl (C=O) groups is 2. The van der Waals surface area contributed by atoms with Crippen LogP contribution in [-0.2, 0) is 22.6 Å². The van der Waals surface area contributed by atoms with Crippen LogP contribution in [0.5, 0.6) is 0 Å². The number of Topliss-reactive ketones (excluding diaryl/α,β-unsaturated/α-hetero) is 1. The number of hydrogen-bond donors (Lipinski definition) is 1. The summed E-state index contributed by atoms with van der Waals surface area (Å²) in [6, 6.07) is 15.3. The number of hydrogen-bond acceptors (Lipinski definition) is 6. The SMILES string of the molecule is CCc1ccc([C@H]2C(=C(O)c3cccc([N+](=O)[O-])c3)C(=O)C(=O)N2Cc2ccco2)cc1. The lowest BCUT2D eigenvalue weighted by molar-refractivity contribution is -0.384. The van der Waals surface area contributed by atoms with Crippen LogP contribution in [0.15, 0.2) is 76.9 Å². The van der Waals surface area contributed by atoms with Gasteiger partial charge in [-0.2, -0.15) is 0 Å². The number of ketones is 1. The number of likely N-dealkylation sites (tertiary alicyclic amines) is 1. The number of amides is 1. The Labute approximate surface area is 183 Å². The summed E-state index contributed by atoms with van der Waals surface area (Å²) >= 11 is 0. The largest absolute Gasteiger partial charge is 0.507 e. The molecule has 1 amide bonds. The Balaban J connectivity index is 1.87. The lowest BCUT2D eigenvalue weighted by Gasteiger charge is -2.24. The van der Waals surface area contributed by atoms with Crippen LogP contribution in [0.25, 0.3) is 5.76 Å². The number of aliphatic hydroxyl groups excluding tert-OH is 1. The van der Waals surface area contributed by atoms with Crippen molar-refractivity contribution in [1.29, 1.82) is 0 Å². The molecule has 0 unspecified atom stereocenters. The normalized spacial score (nSPS) is 17.7. The Morgan fingerprint density at radius 3 is 2.50 bits per heavy atom. The van der Waals surface area contributed by atoms with Crippen molar-refractivity contribution in [3.05, 3.63) is 105 Å². The first-order chi connectivity index (χ1) is 15.4. The van der Waals surface area contributed by atoms with E-state index in [2.05, 4.69) is 0 Å². The molecule has 1 fully saturated rings. The van der Waals surface area contributed by atoms with E-state index >= 15 is 0 Å². The highest BCUT2D eigenvalue weighted by Gasteiger charge is 2.46. The molecule has 1 saturated heterocycles. The number of aliphatic hydroxyl groups is 1. The van der Waals surface area contributed by atoms with Crippen molar-refractivity contribution in [3.63, 3.8) is 0 Å². The molecule has 1 atom stereocenters. The van der Waals surface area contributed by atoms with E-state index < -0.39 is 28.4 Å². The second-order valence-electron chi connectivity index (χ2n) is 7.41. The molecule has 0 aliphatic carbocycles. The molecule has 8 nitrogen and oxygen atoms in total. The van der Waals surface area contributed by atoms with Crippen LogP contribution in [0.2, 0.25) is 0 Å². The molecule has 1 N–H and O–H groups in total. The maximum absolute atomic E-state index is 13.0. The van der Waals surface area contributed by atoms with Gasteiger partial charge >= 0.3 is 0 Å². The first kappa shape index (κ1) is 21.0. The summed E-state index contributed by atoms with van der Waals surface area (Å²) in [6.45, 7) is 2.05. The average molecular weight is 432 g/mol. The molecule has 0 spiro atoms. The van der Waals surface area contributed by atoms with Gasteiger partial charge in [-0.25, -0.2) is 0 Å². The van der Waals surface area contributed by atoms with E-state index in [1.807, 2.05) is 31.2 Å². The van der Waals surface area contributed by atoms with Crippen molar-refractivity contribution in [2.45, 2.75) is 25.9 Å². The number of aryl methyl sites for hydroxylation is 1. The van der Waals surface area contributed by atoms with E-state index in [4.69, 9.17) is 4.42 Å². The maximum Gasteiger partial charge on any atom is 0.296 e. The Hall–Kier alpha value is -4.20. The van der Waals surface area contributed by atoms with Crippen LogP contribution in [0.4, 0.5) is 5.69 Å².